The van der Waals surface area contributed by atoms with Gasteiger partial charge in [0.15, 0.2) is 0 Å². The molecule has 0 amide bonds. The van der Waals surface area contributed by atoms with E-state index in [-0.39, 0.29) is 62.3 Å². The fraction of sp³-hybridized carbons (Fsp3) is 1.00. The van der Waals surface area contributed by atoms with Gasteiger partial charge in [0, 0.05) is 0 Å². The Hall–Kier alpha value is 1.52. The van der Waals surface area contributed by atoms with E-state index < -0.39 is 0 Å². The van der Waals surface area contributed by atoms with E-state index in [1.165, 1.54) is 96.4 Å². The molecule has 0 aromatic carbocycles. The third-order valence-corrected chi connectivity index (χ3v) is 4.18. The first-order chi connectivity index (χ1) is 9.56. The summed E-state index contributed by atoms with van der Waals surface area (Å²) < 4.78 is 1.12. The van der Waals surface area contributed by atoms with Crippen molar-refractivity contribution in [1.82, 2.24) is 0 Å². The van der Waals surface area contributed by atoms with E-state index >= 15 is 0 Å². The van der Waals surface area contributed by atoms with E-state index in [0.717, 1.165) is 4.48 Å². The molecule has 0 rings (SSSR count). The summed E-state index contributed by atoms with van der Waals surface area (Å²) in [5, 5.41) is 0. The molecule has 4 heteroatoms. The first-order valence-electron chi connectivity index (χ1n) is 9.36. The van der Waals surface area contributed by atoms with Crippen molar-refractivity contribution in [2.24, 2.45) is 0 Å². The minimum absolute atomic E-state index is 0. The molecule has 3 nitrogen and oxygen atoms in total. The van der Waals surface area contributed by atoms with Crippen LogP contribution < -0.4 is 51.4 Å². The maximum atomic E-state index is 2.29. The van der Waals surface area contributed by atoms with Crippen molar-refractivity contribution >= 4 is 0 Å². The van der Waals surface area contributed by atoms with Crippen molar-refractivity contribution in [2.45, 2.75) is 96.8 Å². The summed E-state index contributed by atoms with van der Waals surface area (Å²) in [7, 11) is 6.88. The molecular weight excluding hydrogens is 313 g/mol. The minimum atomic E-state index is 0. The van der Waals surface area contributed by atoms with Crippen LogP contribution >= 0.6 is 0 Å². The number of quaternary nitrogens is 1. The summed E-state index contributed by atoms with van der Waals surface area (Å²) in [6.45, 7) is 3.63. The molecule has 23 heavy (non-hydrogen) atoms. The molecule has 0 radical (unpaired) electrons. The van der Waals surface area contributed by atoms with E-state index in [1.807, 2.05) is 0 Å². The largest absolute Gasteiger partial charge is 1.00 e. The molecule has 0 aliphatic carbocycles. The maximum Gasteiger partial charge on any atom is 1.00 e. The molecule has 0 spiro atoms. The maximum absolute atomic E-state index is 2.29. The monoisotopic (exact) mass is 357 g/mol. The van der Waals surface area contributed by atoms with Gasteiger partial charge in [0.1, 0.15) is 0 Å². The molecule has 2 N–H and O–H groups in total. The van der Waals surface area contributed by atoms with Gasteiger partial charge >= 0.3 is 51.4 Å². The average Bonchev–Trinajstić information content (AvgIpc) is 2.38. The number of rotatable bonds is 15. The van der Waals surface area contributed by atoms with E-state index in [1.54, 1.807) is 0 Å². The van der Waals surface area contributed by atoms with Crippen LogP contribution in [-0.4, -0.2) is 43.1 Å². The summed E-state index contributed by atoms with van der Waals surface area (Å²) in [5.41, 5.74) is 0. The second-order valence-corrected chi connectivity index (χ2v) is 7.61. The summed E-state index contributed by atoms with van der Waals surface area (Å²) in [6.07, 6.45) is 20.4. The van der Waals surface area contributed by atoms with Crippen LogP contribution in [0.1, 0.15) is 96.8 Å². The van der Waals surface area contributed by atoms with Gasteiger partial charge in [-0.2, -0.15) is 0 Å². The Kier molecular flexibility index (Phi) is 32.9. The third kappa shape index (κ3) is 31.8. The van der Waals surface area contributed by atoms with Gasteiger partial charge < -0.3 is 15.4 Å². The SMILES string of the molecule is CCCCCCCCCCCCCCCC[N+](C)(C)C.[K+].[OH-].[OH-]. The van der Waals surface area contributed by atoms with Crippen molar-refractivity contribution in [2.75, 3.05) is 27.7 Å². The zero-order valence-electron chi connectivity index (χ0n) is 16.9. The van der Waals surface area contributed by atoms with Crippen molar-refractivity contribution in [1.29, 1.82) is 0 Å². The zero-order chi connectivity index (χ0) is 15.1. The molecule has 0 aliphatic rings. The van der Waals surface area contributed by atoms with Crippen LogP contribution in [0.5, 0.6) is 0 Å². The molecule has 0 saturated heterocycles. The fourth-order valence-corrected chi connectivity index (χ4v) is 2.78. The average molecular weight is 358 g/mol. The van der Waals surface area contributed by atoms with Gasteiger partial charge in [-0.1, -0.05) is 84.0 Å². The Morgan fingerprint density at radius 1 is 0.478 bits per heavy atom. The molecule has 138 valence electrons. The summed E-state index contributed by atoms with van der Waals surface area (Å²) in [6, 6.07) is 0. The molecule has 0 atom stereocenters. The van der Waals surface area contributed by atoms with Gasteiger partial charge in [0.05, 0.1) is 27.7 Å². The van der Waals surface area contributed by atoms with E-state index in [4.69, 9.17) is 0 Å². The number of unbranched alkanes of at least 4 members (excludes halogenated alkanes) is 13. The van der Waals surface area contributed by atoms with Crippen LogP contribution in [0.25, 0.3) is 0 Å². The van der Waals surface area contributed by atoms with Crippen LogP contribution in [0.3, 0.4) is 0 Å². The quantitative estimate of drug-likeness (QED) is 0.257. The van der Waals surface area contributed by atoms with Gasteiger partial charge in [-0.15, -0.1) is 0 Å². The van der Waals surface area contributed by atoms with Gasteiger partial charge in [-0.3, -0.25) is 0 Å². The second kappa shape index (κ2) is 23.5. The van der Waals surface area contributed by atoms with Crippen LogP contribution in [0, 0.1) is 0 Å². The molecule has 0 unspecified atom stereocenters. The predicted octanol–water partition coefficient (Wildman–Crippen LogP) is 2.82. The summed E-state index contributed by atoms with van der Waals surface area (Å²) in [5.74, 6) is 0. The standard InChI is InChI=1S/C19H42N.K.2H2O/c1-5-6-7-8-9-10-11-12-13-14-15-16-17-18-19-20(2,3)4;;;/h5-19H2,1-4H3;;2*1H2/q2*+1;;/p-2. The fourth-order valence-electron chi connectivity index (χ4n) is 2.78. The molecule has 0 bridgehead atoms. The molecule has 0 aromatic rings. The van der Waals surface area contributed by atoms with Crippen LogP contribution in [0.15, 0.2) is 0 Å². The Labute approximate surface area is 189 Å². The zero-order valence-corrected chi connectivity index (χ0v) is 20.1. The van der Waals surface area contributed by atoms with Crippen molar-refractivity contribution < 1.29 is 66.8 Å². The summed E-state index contributed by atoms with van der Waals surface area (Å²) in [4.78, 5) is 0. The molecule has 0 heterocycles. The normalized spacial score (nSPS) is 10.4. The van der Waals surface area contributed by atoms with Crippen molar-refractivity contribution in [3.05, 3.63) is 0 Å². The number of hydrogen-bond donors (Lipinski definition) is 0. The molecular formula is C19H44KNO2. The third-order valence-electron chi connectivity index (χ3n) is 4.18. The molecule has 0 saturated carbocycles. The molecule has 0 aromatic heterocycles. The Morgan fingerprint density at radius 2 is 0.739 bits per heavy atom. The minimum Gasteiger partial charge on any atom is -0.870 e. The van der Waals surface area contributed by atoms with Crippen molar-refractivity contribution in [3.8, 4) is 0 Å². The first kappa shape index (κ1) is 32.2. The van der Waals surface area contributed by atoms with E-state index in [2.05, 4.69) is 28.1 Å². The van der Waals surface area contributed by atoms with Gasteiger partial charge in [-0.05, 0) is 12.8 Å². The smallest absolute Gasteiger partial charge is 0.870 e. The van der Waals surface area contributed by atoms with Gasteiger partial charge in [-0.25, -0.2) is 0 Å². The van der Waals surface area contributed by atoms with E-state index in [9.17, 15) is 0 Å². The number of hydrogen-bond acceptors (Lipinski definition) is 2. The summed E-state index contributed by atoms with van der Waals surface area (Å²) >= 11 is 0. The molecule has 0 aliphatic heterocycles. The topological polar surface area (TPSA) is 60.0 Å². The Balaban J connectivity index is -0.000000602. The predicted molar refractivity (Wildman–Crippen MR) is 97.1 cm³/mol. The Bertz CT molecular complexity index is 196. The van der Waals surface area contributed by atoms with Crippen LogP contribution in [-0.2, 0) is 0 Å². The van der Waals surface area contributed by atoms with Gasteiger partial charge in [0.25, 0.3) is 0 Å². The second-order valence-electron chi connectivity index (χ2n) is 7.61. The van der Waals surface area contributed by atoms with Gasteiger partial charge in [0.2, 0.25) is 0 Å². The molecule has 0 fully saturated rings. The van der Waals surface area contributed by atoms with Crippen molar-refractivity contribution in [3.63, 3.8) is 0 Å². The van der Waals surface area contributed by atoms with Crippen LogP contribution in [0.2, 0.25) is 0 Å². The Morgan fingerprint density at radius 3 is 1.00 bits per heavy atom. The van der Waals surface area contributed by atoms with E-state index in [0.29, 0.717) is 0 Å². The first-order valence-corrected chi connectivity index (χ1v) is 9.36. The van der Waals surface area contributed by atoms with Crippen LogP contribution in [0.4, 0.5) is 0 Å². The number of nitrogens with zero attached hydrogens (tertiary/aromatic N) is 1.